The lowest BCUT2D eigenvalue weighted by Gasteiger charge is -2.26. The minimum absolute atomic E-state index is 0.00420. The fourth-order valence-corrected chi connectivity index (χ4v) is 5.18. The van der Waals surface area contributed by atoms with Crippen LogP contribution in [-0.4, -0.2) is 62.6 Å². The number of aromatic nitrogens is 3. The molecule has 3 aromatic rings. The Bertz CT molecular complexity index is 1460. The molecule has 4 rings (SSSR count). The molecule has 216 valence electrons. The van der Waals surface area contributed by atoms with Gasteiger partial charge in [0.05, 0.1) is 29.0 Å². The summed E-state index contributed by atoms with van der Waals surface area (Å²) in [7, 11) is -2.38. The Labute approximate surface area is 239 Å². The largest absolute Gasteiger partial charge is 0.465 e. The lowest BCUT2D eigenvalue weighted by atomic mass is 9.94. The number of nitrogens with two attached hydrogens (primary N) is 1. The number of hydrogen-bond donors (Lipinski definition) is 1. The van der Waals surface area contributed by atoms with E-state index in [0.717, 1.165) is 22.5 Å². The third-order valence-corrected chi connectivity index (χ3v) is 8.50. The van der Waals surface area contributed by atoms with Gasteiger partial charge in [-0.05, 0) is 50.2 Å². The van der Waals surface area contributed by atoms with Crippen LogP contribution in [0.15, 0.2) is 40.8 Å². The SMILES string of the molecule is CCOC(=O)CN(CC1CC1C)c1cc(-c2nnc([C@](C)(N)Cc3ccccc3)o2)c(Cl)c(N(C)S(C)(=O)=O)n1. The molecule has 1 aliphatic rings. The summed E-state index contributed by atoms with van der Waals surface area (Å²) < 4.78 is 37.2. The van der Waals surface area contributed by atoms with Gasteiger partial charge in [0.2, 0.25) is 21.8 Å². The lowest BCUT2D eigenvalue weighted by molar-refractivity contribution is -0.141. The van der Waals surface area contributed by atoms with Gasteiger partial charge < -0.3 is 19.8 Å². The zero-order chi connectivity index (χ0) is 29.2. The maximum absolute atomic E-state index is 12.5. The first-order valence-corrected chi connectivity index (χ1v) is 15.2. The van der Waals surface area contributed by atoms with E-state index in [-0.39, 0.29) is 41.3 Å². The zero-order valence-corrected chi connectivity index (χ0v) is 24.9. The Morgan fingerprint density at radius 2 is 1.95 bits per heavy atom. The number of pyridine rings is 1. The van der Waals surface area contributed by atoms with Crippen molar-refractivity contribution in [2.45, 2.75) is 39.2 Å². The van der Waals surface area contributed by atoms with E-state index in [1.165, 1.54) is 7.05 Å². The molecular weight excluding hydrogens is 556 g/mol. The first-order chi connectivity index (χ1) is 18.8. The van der Waals surface area contributed by atoms with Crippen LogP contribution in [0.4, 0.5) is 11.6 Å². The quantitative estimate of drug-likeness (QED) is 0.310. The topological polar surface area (TPSA) is 145 Å². The number of carbonyl (C=O) groups is 1. The summed E-state index contributed by atoms with van der Waals surface area (Å²) in [5, 5.41) is 8.41. The van der Waals surface area contributed by atoms with Crippen LogP contribution in [0.1, 0.15) is 38.6 Å². The number of esters is 1. The molecule has 1 aliphatic carbocycles. The second kappa shape index (κ2) is 11.7. The number of hydrogen-bond acceptors (Lipinski definition) is 10. The number of halogens is 1. The first kappa shape index (κ1) is 29.8. The number of nitrogens with zero attached hydrogens (tertiary/aromatic N) is 5. The molecule has 2 N–H and O–H groups in total. The van der Waals surface area contributed by atoms with Crippen LogP contribution in [0.25, 0.3) is 11.5 Å². The van der Waals surface area contributed by atoms with Gasteiger partial charge in [0, 0.05) is 13.6 Å². The highest BCUT2D eigenvalue weighted by molar-refractivity contribution is 7.92. The molecule has 0 bridgehead atoms. The van der Waals surface area contributed by atoms with Crippen LogP contribution >= 0.6 is 11.6 Å². The summed E-state index contributed by atoms with van der Waals surface area (Å²) in [6.07, 6.45) is 2.51. The number of anilines is 2. The number of ether oxygens (including phenoxy) is 1. The van der Waals surface area contributed by atoms with Crippen molar-refractivity contribution in [3.63, 3.8) is 0 Å². The van der Waals surface area contributed by atoms with Crippen molar-refractivity contribution in [1.29, 1.82) is 0 Å². The van der Waals surface area contributed by atoms with E-state index in [4.69, 9.17) is 26.5 Å². The molecule has 1 saturated carbocycles. The smallest absolute Gasteiger partial charge is 0.325 e. The van der Waals surface area contributed by atoms with E-state index < -0.39 is 21.5 Å². The molecule has 3 atom stereocenters. The van der Waals surface area contributed by atoms with Crippen molar-refractivity contribution in [2.24, 2.45) is 17.6 Å². The number of sulfonamides is 1. The zero-order valence-electron chi connectivity index (χ0n) is 23.3. The minimum atomic E-state index is -3.73. The number of benzene rings is 1. The van der Waals surface area contributed by atoms with Crippen LogP contribution in [-0.2, 0) is 31.5 Å². The summed E-state index contributed by atoms with van der Waals surface area (Å²) in [6.45, 7) is 6.36. The van der Waals surface area contributed by atoms with Gasteiger partial charge >= 0.3 is 5.97 Å². The van der Waals surface area contributed by atoms with Gasteiger partial charge in [-0.1, -0.05) is 48.9 Å². The molecule has 2 aromatic heterocycles. The average molecular weight is 591 g/mol. The van der Waals surface area contributed by atoms with Crippen LogP contribution < -0.4 is 14.9 Å². The van der Waals surface area contributed by atoms with Crippen molar-refractivity contribution >= 4 is 39.2 Å². The Kier molecular flexibility index (Phi) is 8.72. The van der Waals surface area contributed by atoms with E-state index in [2.05, 4.69) is 22.1 Å². The van der Waals surface area contributed by atoms with Crippen molar-refractivity contribution < 1.29 is 22.4 Å². The second-order valence-corrected chi connectivity index (χ2v) is 12.9. The van der Waals surface area contributed by atoms with Gasteiger partial charge in [0.1, 0.15) is 12.4 Å². The maximum Gasteiger partial charge on any atom is 0.325 e. The fourth-order valence-electron chi connectivity index (χ4n) is 4.38. The Hall–Kier alpha value is -3.22. The molecule has 40 heavy (non-hydrogen) atoms. The molecule has 1 aromatic carbocycles. The van der Waals surface area contributed by atoms with Crippen LogP contribution in [0.3, 0.4) is 0 Å². The predicted molar refractivity (Wildman–Crippen MR) is 154 cm³/mol. The van der Waals surface area contributed by atoms with E-state index in [9.17, 15) is 13.2 Å². The van der Waals surface area contributed by atoms with Crippen molar-refractivity contribution in [3.8, 4) is 11.5 Å². The highest BCUT2D eigenvalue weighted by Crippen LogP contribution is 2.41. The van der Waals surface area contributed by atoms with Gasteiger partial charge in [-0.2, -0.15) is 0 Å². The van der Waals surface area contributed by atoms with E-state index >= 15 is 0 Å². The lowest BCUT2D eigenvalue weighted by Crippen LogP contribution is -2.35. The van der Waals surface area contributed by atoms with Crippen LogP contribution in [0.5, 0.6) is 0 Å². The molecule has 0 amide bonds. The second-order valence-electron chi connectivity index (χ2n) is 10.5. The number of rotatable bonds is 12. The van der Waals surface area contributed by atoms with Crippen molar-refractivity contribution in [3.05, 3.63) is 52.9 Å². The van der Waals surface area contributed by atoms with Gasteiger partial charge in [-0.25, -0.2) is 13.4 Å². The maximum atomic E-state index is 12.5. The third kappa shape index (κ3) is 6.91. The van der Waals surface area contributed by atoms with Crippen LogP contribution in [0.2, 0.25) is 5.02 Å². The first-order valence-electron chi connectivity index (χ1n) is 13.0. The molecular formula is C27H35ClN6O5S. The molecule has 0 radical (unpaired) electrons. The number of carbonyl (C=O) groups excluding carboxylic acids is 1. The van der Waals surface area contributed by atoms with E-state index in [1.807, 2.05) is 30.3 Å². The molecule has 0 saturated heterocycles. The van der Waals surface area contributed by atoms with Crippen molar-refractivity contribution in [1.82, 2.24) is 15.2 Å². The Morgan fingerprint density at radius 3 is 2.55 bits per heavy atom. The standard InChI is InChI=1S/C27H35ClN6O5S/c1-6-38-22(35)16-34(15-19-12-17(19)2)21-13-20(23(28)24(30-21)33(4)40(5,36)37)25-31-32-26(39-25)27(3,29)14-18-10-8-7-9-11-18/h7-11,13,17,19H,6,12,14-16,29H2,1-5H3/t17?,19?,27-/m1/s1. The molecule has 0 spiro atoms. The molecule has 2 heterocycles. The Morgan fingerprint density at radius 1 is 1.27 bits per heavy atom. The Balaban J connectivity index is 1.78. The van der Waals surface area contributed by atoms with Gasteiger partial charge in [-0.15, -0.1) is 10.2 Å². The van der Waals surface area contributed by atoms with Gasteiger partial charge in [-0.3, -0.25) is 9.10 Å². The third-order valence-electron chi connectivity index (χ3n) is 6.96. The summed E-state index contributed by atoms with van der Waals surface area (Å²) in [4.78, 5) is 18.8. The fraction of sp³-hybridized carbons (Fsp3) is 0.481. The monoisotopic (exact) mass is 590 g/mol. The molecule has 1 fully saturated rings. The molecule has 13 heteroatoms. The van der Waals surface area contributed by atoms with Gasteiger partial charge in [0.15, 0.2) is 5.82 Å². The van der Waals surface area contributed by atoms with E-state index in [1.54, 1.807) is 24.8 Å². The summed E-state index contributed by atoms with van der Waals surface area (Å²) in [6, 6.07) is 11.3. The van der Waals surface area contributed by atoms with Crippen molar-refractivity contribution in [2.75, 3.05) is 42.2 Å². The summed E-state index contributed by atoms with van der Waals surface area (Å²) in [5.41, 5.74) is 6.86. The summed E-state index contributed by atoms with van der Waals surface area (Å²) in [5.74, 6) is 0.969. The molecule has 2 unspecified atom stereocenters. The molecule has 0 aliphatic heterocycles. The summed E-state index contributed by atoms with van der Waals surface area (Å²) >= 11 is 6.73. The highest BCUT2D eigenvalue weighted by atomic mass is 35.5. The normalized spacial score (nSPS) is 18.2. The molecule has 11 nitrogen and oxygen atoms in total. The van der Waals surface area contributed by atoms with Crippen LogP contribution in [0, 0.1) is 11.8 Å². The van der Waals surface area contributed by atoms with E-state index in [0.29, 0.717) is 30.6 Å². The highest BCUT2D eigenvalue weighted by Gasteiger charge is 2.36. The average Bonchev–Trinajstić information content (AvgIpc) is 3.35. The minimum Gasteiger partial charge on any atom is -0.465 e. The van der Waals surface area contributed by atoms with Gasteiger partial charge in [0.25, 0.3) is 0 Å². The predicted octanol–water partition coefficient (Wildman–Crippen LogP) is 3.62.